The zero-order chi connectivity index (χ0) is 13.4. The van der Waals surface area contributed by atoms with Crippen molar-refractivity contribution >= 4 is 0 Å². The van der Waals surface area contributed by atoms with Crippen LogP contribution in [-0.2, 0) is 6.54 Å². The van der Waals surface area contributed by atoms with Crippen molar-refractivity contribution in [2.75, 3.05) is 33.9 Å². The van der Waals surface area contributed by atoms with E-state index >= 15 is 0 Å². The molecule has 0 unspecified atom stereocenters. The Labute approximate surface area is 108 Å². The van der Waals surface area contributed by atoms with E-state index in [0.29, 0.717) is 19.6 Å². The van der Waals surface area contributed by atoms with E-state index in [4.69, 9.17) is 21.0 Å². The SMILES string of the molecule is C#CCN(CCO)Cc1cc(OC)ccc1OC. The van der Waals surface area contributed by atoms with Crippen molar-refractivity contribution < 1.29 is 14.6 Å². The molecule has 1 rings (SSSR count). The van der Waals surface area contributed by atoms with Gasteiger partial charge in [0.1, 0.15) is 11.5 Å². The van der Waals surface area contributed by atoms with E-state index in [9.17, 15) is 0 Å². The number of aliphatic hydroxyl groups is 1. The van der Waals surface area contributed by atoms with Crippen molar-refractivity contribution in [3.05, 3.63) is 23.8 Å². The van der Waals surface area contributed by atoms with Gasteiger partial charge in [0.05, 0.1) is 27.4 Å². The lowest BCUT2D eigenvalue weighted by molar-refractivity contribution is 0.204. The summed E-state index contributed by atoms with van der Waals surface area (Å²) in [6, 6.07) is 5.63. The first-order chi connectivity index (χ1) is 8.74. The van der Waals surface area contributed by atoms with E-state index < -0.39 is 0 Å². The number of hydrogen-bond acceptors (Lipinski definition) is 4. The predicted octanol–water partition coefficient (Wildman–Crippen LogP) is 1.13. The number of terminal acetylenes is 1. The van der Waals surface area contributed by atoms with Crippen molar-refractivity contribution in [3.63, 3.8) is 0 Å². The van der Waals surface area contributed by atoms with Crippen molar-refractivity contribution in [1.82, 2.24) is 4.90 Å². The third kappa shape index (κ3) is 3.95. The van der Waals surface area contributed by atoms with Gasteiger partial charge in [0.2, 0.25) is 0 Å². The summed E-state index contributed by atoms with van der Waals surface area (Å²) >= 11 is 0. The van der Waals surface area contributed by atoms with Crippen LogP contribution in [0.5, 0.6) is 11.5 Å². The van der Waals surface area contributed by atoms with Crippen molar-refractivity contribution in [1.29, 1.82) is 0 Å². The lowest BCUT2D eigenvalue weighted by Crippen LogP contribution is -2.27. The van der Waals surface area contributed by atoms with E-state index in [1.54, 1.807) is 14.2 Å². The minimum absolute atomic E-state index is 0.0773. The number of ether oxygens (including phenoxy) is 2. The predicted molar refractivity (Wildman–Crippen MR) is 70.7 cm³/mol. The molecule has 0 bridgehead atoms. The second-order valence-corrected chi connectivity index (χ2v) is 3.82. The lowest BCUT2D eigenvalue weighted by Gasteiger charge is -2.20. The average Bonchev–Trinajstić information content (AvgIpc) is 2.39. The lowest BCUT2D eigenvalue weighted by atomic mass is 10.1. The summed E-state index contributed by atoms with van der Waals surface area (Å²) in [6.07, 6.45) is 5.31. The number of benzene rings is 1. The van der Waals surface area contributed by atoms with Crippen molar-refractivity contribution in [3.8, 4) is 23.8 Å². The van der Waals surface area contributed by atoms with Gasteiger partial charge in [-0.15, -0.1) is 6.42 Å². The number of nitrogens with zero attached hydrogens (tertiary/aromatic N) is 1. The highest BCUT2D eigenvalue weighted by atomic mass is 16.5. The van der Waals surface area contributed by atoms with E-state index in [1.165, 1.54) is 0 Å². The number of rotatable bonds is 7. The van der Waals surface area contributed by atoms with Gasteiger partial charge in [0, 0.05) is 18.7 Å². The third-order valence-corrected chi connectivity index (χ3v) is 2.61. The Balaban J connectivity index is 2.88. The Bertz CT molecular complexity index is 412. The van der Waals surface area contributed by atoms with E-state index in [-0.39, 0.29) is 6.61 Å². The Kier molecular flexibility index (Phi) is 6.06. The van der Waals surface area contributed by atoms with Gasteiger partial charge in [-0.2, -0.15) is 0 Å². The normalized spacial score (nSPS) is 10.2. The standard InChI is InChI=1S/C14H19NO3/c1-4-7-15(8-9-16)11-12-10-13(17-2)5-6-14(12)18-3/h1,5-6,10,16H,7-9,11H2,2-3H3. The summed E-state index contributed by atoms with van der Waals surface area (Å²) in [5.74, 6) is 4.14. The van der Waals surface area contributed by atoms with Crippen LogP contribution in [0.25, 0.3) is 0 Å². The Morgan fingerprint density at radius 3 is 2.67 bits per heavy atom. The van der Waals surface area contributed by atoms with Crippen molar-refractivity contribution in [2.45, 2.75) is 6.54 Å². The molecule has 0 saturated carbocycles. The number of aliphatic hydroxyl groups excluding tert-OH is 1. The molecule has 0 aliphatic rings. The summed E-state index contributed by atoms with van der Waals surface area (Å²) in [6.45, 7) is 1.71. The first-order valence-corrected chi connectivity index (χ1v) is 5.72. The summed E-state index contributed by atoms with van der Waals surface area (Å²) in [5, 5.41) is 9.00. The van der Waals surface area contributed by atoms with Gasteiger partial charge in [-0.25, -0.2) is 0 Å². The van der Waals surface area contributed by atoms with Gasteiger partial charge in [0.15, 0.2) is 0 Å². The minimum Gasteiger partial charge on any atom is -0.497 e. The first-order valence-electron chi connectivity index (χ1n) is 5.72. The van der Waals surface area contributed by atoms with Crippen LogP contribution in [0.3, 0.4) is 0 Å². The van der Waals surface area contributed by atoms with Crippen LogP contribution in [0, 0.1) is 12.3 Å². The Morgan fingerprint density at radius 1 is 1.33 bits per heavy atom. The Morgan fingerprint density at radius 2 is 2.11 bits per heavy atom. The maximum atomic E-state index is 9.00. The van der Waals surface area contributed by atoms with E-state index in [0.717, 1.165) is 17.1 Å². The quantitative estimate of drug-likeness (QED) is 0.736. The molecule has 1 aromatic carbocycles. The monoisotopic (exact) mass is 249 g/mol. The molecule has 4 heteroatoms. The van der Waals surface area contributed by atoms with Gasteiger partial charge in [-0.3, -0.25) is 4.90 Å². The summed E-state index contributed by atoms with van der Waals surface area (Å²) in [4.78, 5) is 1.97. The van der Waals surface area contributed by atoms with Crippen LogP contribution in [-0.4, -0.2) is 43.9 Å². The zero-order valence-electron chi connectivity index (χ0n) is 10.8. The molecular weight excluding hydrogens is 230 g/mol. The molecule has 1 aromatic rings. The highest BCUT2D eigenvalue weighted by molar-refractivity contribution is 5.40. The maximum absolute atomic E-state index is 9.00. The molecular formula is C14H19NO3. The molecule has 0 aromatic heterocycles. The molecule has 0 saturated heterocycles. The van der Waals surface area contributed by atoms with E-state index in [2.05, 4.69) is 5.92 Å². The summed E-state index contributed by atoms with van der Waals surface area (Å²) < 4.78 is 10.5. The number of hydrogen-bond donors (Lipinski definition) is 1. The third-order valence-electron chi connectivity index (χ3n) is 2.61. The fourth-order valence-electron chi connectivity index (χ4n) is 1.73. The number of methoxy groups -OCH3 is 2. The first kappa shape index (κ1) is 14.4. The fourth-order valence-corrected chi connectivity index (χ4v) is 1.73. The van der Waals surface area contributed by atoms with Crippen LogP contribution in [0.15, 0.2) is 18.2 Å². The van der Waals surface area contributed by atoms with Gasteiger partial charge in [-0.05, 0) is 18.2 Å². The van der Waals surface area contributed by atoms with Gasteiger partial charge < -0.3 is 14.6 Å². The van der Waals surface area contributed by atoms with Gasteiger partial charge >= 0.3 is 0 Å². The molecule has 0 spiro atoms. The van der Waals surface area contributed by atoms with Gasteiger partial charge in [0.25, 0.3) is 0 Å². The molecule has 0 heterocycles. The molecule has 0 radical (unpaired) electrons. The summed E-state index contributed by atoms with van der Waals surface area (Å²) in [7, 11) is 3.25. The zero-order valence-corrected chi connectivity index (χ0v) is 10.8. The molecule has 0 amide bonds. The van der Waals surface area contributed by atoms with Crippen LogP contribution < -0.4 is 9.47 Å². The molecule has 0 fully saturated rings. The molecule has 4 nitrogen and oxygen atoms in total. The van der Waals surface area contributed by atoms with Crippen LogP contribution in [0.2, 0.25) is 0 Å². The molecule has 0 aliphatic carbocycles. The molecule has 0 aliphatic heterocycles. The van der Waals surface area contributed by atoms with Gasteiger partial charge in [-0.1, -0.05) is 5.92 Å². The molecule has 98 valence electrons. The second kappa shape index (κ2) is 7.59. The largest absolute Gasteiger partial charge is 0.497 e. The Hall–Kier alpha value is -1.70. The second-order valence-electron chi connectivity index (χ2n) is 3.82. The highest BCUT2D eigenvalue weighted by Crippen LogP contribution is 2.25. The van der Waals surface area contributed by atoms with Crippen LogP contribution in [0.4, 0.5) is 0 Å². The average molecular weight is 249 g/mol. The fraction of sp³-hybridized carbons (Fsp3) is 0.429. The summed E-state index contributed by atoms with van der Waals surface area (Å²) in [5.41, 5.74) is 0.987. The molecule has 0 atom stereocenters. The molecule has 18 heavy (non-hydrogen) atoms. The highest BCUT2D eigenvalue weighted by Gasteiger charge is 2.10. The topological polar surface area (TPSA) is 41.9 Å². The maximum Gasteiger partial charge on any atom is 0.123 e. The smallest absolute Gasteiger partial charge is 0.123 e. The van der Waals surface area contributed by atoms with Crippen LogP contribution >= 0.6 is 0 Å². The van der Waals surface area contributed by atoms with E-state index in [1.807, 2.05) is 23.1 Å². The van der Waals surface area contributed by atoms with Crippen molar-refractivity contribution in [2.24, 2.45) is 0 Å². The van der Waals surface area contributed by atoms with Crippen LogP contribution in [0.1, 0.15) is 5.56 Å². The molecule has 1 N–H and O–H groups in total. The minimum atomic E-state index is 0.0773.